The first-order valence-electron chi connectivity index (χ1n) is 6.56. The first-order chi connectivity index (χ1) is 9.76. The molecule has 0 aromatic carbocycles. The van der Waals surface area contributed by atoms with Crippen LogP contribution in [0.4, 0.5) is 5.82 Å². The summed E-state index contributed by atoms with van der Waals surface area (Å²) in [5.41, 5.74) is 1.99. The summed E-state index contributed by atoms with van der Waals surface area (Å²) in [7, 11) is 0. The third-order valence-electron chi connectivity index (χ3n) is 3.26. The number of hydrogen-bond donors (Lipinski definition) is 2. The number of fused-ring (bicyclic) bond motifs is 1. The molecular formula is C14H15N5O. The third-order valence-corrected chi connectivity index (χ3v) is 3.26. The molecule has 0 aliphatic carbocycles. The van der Waals surface area contributed by atoms with Crippen molar-refractivity contribution in [3.8, 4) is 6.07 Å². The van der Waals surface area contributed by atoms with Crippen molar-refractivity contribution in [3.05, 3.63) is 40.7 Å². The summed E-state index contributed by atoms with van der Waals surface area (Å²) in [5.74, 6) is 2.65. The van der Waals surface area contributed by atoms with E-state index in [1.165, 1.54) is 0 Å². The van der Waals surface area contributed by atoms with Gasteiger partial charge in [0.1, 0.15) is 23.4 Å². The van der Waals surface area contributed by atoms with E-state index in [4.69, 9.17) is 9.68 Å². The van der Waals surface area contributed by atoms with Crippen LogP contribution >= 0.6 is 0 Å². The molecule has 0 spiro atoms. The summed E-state index contributed by atoms with van der Waals surface area (Å²) in [5, 5.41) is 15.6. The Morgan fingerprint density at radius 1 is 1.45 bits per heavy atom. The number of nitrogens with zero attached hydrogens (tertiary/aromatic N) is 3. The maximum atomic E-state index is 9.02. The average molecular weight is 269 g/mol. The smallest absolute Gasteiger partial charge is 0.234 e. The number of aromatic nitrogens is 2. The van der Waals surface area contributed by atoms with E-state index in [0.717, 1.165) is 42.3 Å². The second kappa shape index (κ2) is 5.31. The van der Waals surface area contributed by atoms with Gasteiger partial charge in [-0.2, -0.15) is 5.26 Å². The van der Waals surface area contributed by atoms with Crippen LogP contribution in [0.25, 0.3) is 0 Å². The summed E-state index contributed by atoms with van der Waals surface area (Å²) < 4.78 is 5.52. The van der Waals surface area contributed by atoms with Crippen molar-refractivity contribution in [2.45, 2.75) is 26.4 Å². The zero-order chi connectivity index (χ0) is 13.9. The number of rotatable bonds is 3. The van der Waals surface area contributed by atoms with Gasteiger partial charge in [0, 0.05) is 25.1 Å². The van der Waals surface area contributed by atoms with Gasteiger partial charge < -0.3 is 15.1 Å². The molecule has 0 atom stereocenters. The first kappa shape index (κ1) is 12.6. The number of hydrogen-bond acceptors (Lipinski definition) is 6. The highest BCUT2D eigenvalue weighted by atomic mass is 16.3. The average Bonchev–Trinajstić information content (AvgIpc) is 2.90. The fourth-order valence-electron chi connectivity index (χ4n) is 2.29. The van der Waals surface area contributed by atoms with E-state index in [-0.39, 0.29) is 5.82 Å². The second-order valence-electron chi connectivity index (χ2n) is 4.73. The van der Waals surface area contributed by atoms with Crippen LogP contribution in [-0.2, 0) is 19.5 Å². The van der Waals surface area contributed by atoms with E-state index in [9.17, 15) is 0 Å². The Balaban J connectivity index is 1.86. The van der Waals surface area contributed by atoms with Crippen molar-refractivity contribution >= 4 is 5.82 Å². The molecule has 0 unspecified atom stereocenters. The molecule has 102 valence electrons. The Labute approximate surface area is 116 Å². The lowest BCUT2D eigenvalue weighted by molar-refractivity contribution is 0.490. The first-order valence-corrected chi connectivity index (χ1v) is 6.56. The van der Waals surface area contributed by atoms with Crippen LogP contribution in [0.2, 0.25) is 0 Å². The van der Waals surface area contributed by atoms with E-state index in [2.05, 4.69) is 20.6 Å². The van der Waals surface area contributed by atoms with Crippen molar-refractivity contribution in [2.24, 2.45) is 0 Å². The van der Waals surface area contributed by atoms with Crippen LogP contribution in [0.5, 0.6) is 0 Å². The van der Waals surface area contributed by atoms with Gasteiger partial charge in [0.25, 0.3) is 0 Å². The molecule has 20 heavy (non-hydrogen) atoms. The summed E-state index contributed by atoms with van der Waals surface area (Å²) in [6, 6.07) is 5.87. The van der Waals surface area contributed by atoms with Crippen molar-refractivity contribution in [1.29, 1.82) is 5.26 Å². The van der Waals surface area contributed by atoms with Gasteiger partial charge in [-0.15, -0.1) is 0 Å². The molecule has 0 saturated carbocycles. The summed E-state index contributed by atoms with van der Waals surface area (Å²) in [6.45, 7) is 4.06. The van der Waals surface area contributed by atoms with Gasteiger partial charge in [0.05, 0.1) is 12.2 Å². The molecule has 0 amide bonds. The summed E-state index contributed by atoms with van der Waals surface area (Å²) in [6.07, 6.45) is 0.821. The fourth-order valence-corrected chi connectivity index (χ4v) is 2.29. The highest BCUT2D eigenvalue weighted by Crippen LogP contribution is 2.20. The lowest BCUT2D eigenvalue weighted by Gasteiger charge is -2.19. The molecular weight excluding hydrogens is 254 g/mol. The number of furan rings is 1. The van der Waals surface area contributed by atoms with E-state index < -0.39 is 0 Å². The predicted octanol–water partition coefficient (Wildman–Crippen LogP) is 1.51. The molecule has 3 heterocycles. The Morgan fingerprint density at radius 3 is 3.10 bits per heavy atom. The topological polar surface area (TPSA) is 86.8 Å². The zero-order valence-electron chi connectivity index (χ0n) is 11.2. The van der Waals surface area contributed by atoms with E-state index in [0.29, 0.717) is 12.4 Å². The molecule has 2 aromatic heterocycles. The van der Waals surface area contributed by atoms with Crippen LogP contribution < -0.4 is 10.6 Å². The molecule has 0 radical (unpaired) electrons. The second-order valence-corrected chi connectivity index (χ2v) is 4.73. The van der Waals surface area contributed by atoms with Crippen LogP contribution in [0.3, 0.4) is 0 Å². The highest BCUT2D eigenvalue weighted by Gasteiger charge is 2.17. The maximum Gasteiger partial charge on any atom is 0.234 e. The lowest BCUT2D eigenvalue weighted by Crippen LogP contribution is -2.26. The van der Waals surface area contributed by atoms with Gasteiger partial charge in [-0.1, -0.05) is 0 Å². The summed E-state index contributed by atoms with van der Waals surface area (Å²) >= 11 is 0. The molecule has 0 bridgehead atoms. The van der Waals surface area contributed by atoms with Gasteiger partial charge in [0.15, 0.2) is 0 Å². The molecule has 2 aromatic rings. The van der Waals surface area contributed by atoms with E-state index >= 15 is 0 Å². The van der Waals surface area contributed by atoms with Crippen molar-refractivity contribution in [3.63, 3.8) is 0 Å². The van der Waals surface area contributed by atoms with E-state index in [1.807, 2.05) is 25.1 Å². The molecule has 3 rings (SSSR count). The zero-order valence-corrected chi connectivity index (χ0v) is 11.2. The van der Waals surface area contributed by atoms with Gasteiger partial charge in [-0.05, 0) is 19.1 Å². The molecule has 0 saturated heterocycles. The Kier molecular flexibility index (Phi) is 3.35. The van der Waals surface area contributed by atoms with Gasteiger partial charge in [-0.3, -0.25) is 0 Å². The Bertz CT molecular complexity index is 671. The normalized spacial score (nSPS) is 13.6. The van der Waals surface area contributed by atoms with Gasteiger partial charge >= 0.3 is 0 Å². The minimum atomic E-state index is 0.212. The van der Waals surface area contributed by atoms with Crippen LogP contribution in [0.1, 0.15) is 28.6 Å². The Morgan fingerprint density at radius 2 is 2.35 bits per heavy atom. The maximum absolute atomic E-state index is 9.02. The van der Waals surface area contributed by atoms with Crippen molar-refractivity contribution in [2.75, 3.05) is 11.9 Å². The fraction of sp³-hybridized carbons (Fsp3) is 0.357. The van der Waals surface area contributed by atoms with Crippen molar-refractivity contribution < 1.29 is 4.42 Å². The van der Waals surface area contributed by atoms with E-state index in [1.54, 1.807) is 0 Å². The number of nitrogens with one attached hydrogen (secondary N) is 2. The molecule has 2 N–H and O–H groups in total. The lowest BCUT2D eigenvalue weighted by atomic mass is 10.1. The van der Waals surface area contributed by atoms with Crippen LogP contribution in [-0.4, -0.2) is 16.5 Å². The minimum absolute atomic E-state index is 0.212. The largest absolute Gasteiger partial charge is 0.465 e. The summed E-state index contributed by atoms with van der Waals surface area (Å²) in [4.78, 5) is 8.54. The molecule has 0 fully saturated rings. The molecule has 6 nitrogen and oxygen atoms in total. The molecule has 1 aliphatic rings. The monoisotopic (exact) mass is 269 g/mol. The molecule has 6 heteroatoms. The van der Waals surface area contributed by atoms with Crippen LogP contribution in [0.15, 0.2) is 16.5 Å². The van der Waals surface area contributed by atoms with Gasteiger partial charge in [-0.25, -0.2) is 9.97 Å². The highest BCUT2D eigenvalue weighted by molar-refractivity contribution is 5.49. The van der Waals surface area contributed by atoms with Crippen LogP contribution in [0, 0.1) is 18.3 Å². The number of anilines is 1. The van der Waals surface area contributed by atoms with Crippen molar-refractivity contribution in [1.82, 2.24) is 15.3 Å². The predicted molar refractivity (Wildman–Crippen MR) is 72.9 cm³/mol. The Hall–Kier alpha value is -2.39. The quantitative estimate of drug-likeness (QED) is 0.878. The number of nitriles is 1. The van der Waals surface area contributed by atoms with Gasteiger partial charge in [0.2, 0.25) is 5.82 Å². The minimum Gasteiger partial charge on any atom is -0.465 e. The molecule has 1 aliphatic heterocycles. The SMILES string of the molecule is Cc1ccc(CNc2nc(C#N)nc3c2CNCC3)o1. The number of aryl methyl sites for hydroxylation is 1. The standard InChI is InChI=1S/C14H15N5O/c1-9-2-3-10(20-9)7-17-14-11-8-16-5-4-12(11)18-13(6-15)19-14/h2-3,16H,4-5,7-8H2,1H3,(H,17,18,19). The third kappa shape index (κ3) is 2.49.